The number of carbonyl (C=O) groups is 1. The molecule has 0 radical (unpaired) electrons. The first-order valence-corrected chi connectivity index (χ1v) is 6.45. The molecule has 4 nitrogen and oxygen atoms in total. The second-order valence-electron chi connectivity index (χ2n) is 4.76. The minimum absolute atomic E-state index is 0.00958. The second-order valence-corrected chi connectivity index (χ2v) is 4.76. The van der Waals surface area contributed by atoms with Crippen LogP contribution in [-0.4, -0.2) is 12.0 Å². The van der Waals surface area contributed by atoms with Gasteiger partial charge in [0.25, 0.3) is 0 Å². The van der Waals surface area contributed by atoms with Crippen LogP contribution in [0, 0.1) is 0 Å². The third-order valence-corrected chi connectivity index (χ3v) is 3.52. The Hall–Kier alpha value is -2.75. The molecule has 2 aromatic rings. The van der Waals surface area contributed by atoms with Gasteiger partial charge in [-0.25, -0.2) is 0 Å². The van der Waals surface area contributed by atoms with Crippen LogP contribution < -0.4 is 15.4 Å². The van der Waals surface area contributed by atoms with E-state index >= 15 is 0 Å². The van der Waals surface area contributed by atoms with Gasteiger partial charge in [-0.2, -0.15) is 0 Å². The summed E-state index contributed by atoms with van der Waals surface area (Å²) in [5.41, 5.74) is 3.02. The highest BCUT2D eigenvalue weighted by Gasteiger charge is 2.33. The smallest absolute Gasteiger partial charge is 0.201 e. The van der Waals surface area contributed by atoms with E-state index in [0.29, 0.717) is 16.9 Å². The Bertz CT molecular complexity index is 737. The number of benzene rings is 2. The molecule has 0 aromatic heterocycles. The normalized spacial score (nSPS) is 19.1. The average Bonchev–Trinajstić information content (AvgIpc) is 2.66. The molecule has 2 aliphatic rings. The molecule has 0 saturated carbocycles. The standard InChI is InChI=1S/C16H12N2O2/c19-15-10-5-1-4-8-14(10)20-16-11(15)9-17-12-6-2-3-7-13(12)18-16/h1-9,16-18H/t16-/m1/s1. The number of anilines is 2. The van der Waals surface area contributed by atoms with Crippen molar-refractivity contribution in [3.8, 4) is 5.75 Å². The van der Waals surface area contributed by atoms with Gasteiger partial charge in [0.1, 0.15) is 5.75 Å². The van der Waals surface area contributed by atoms with Crippen LogP contribution in [0.5, 0.6) is 5.75 Å². The summed E-state index contributed by atoms with van der Waals surface area (Å²) in [6.45, 7) is 0. The highest BCUT2D eigenvalue weighted by Crippen LogP contribution is 2.34. The van der Waals surface area contributed by atoms with E-state index in [0.717, 1.165) is 11.4 Å². The van der Waals surface area contributed by atoms with Gasteiger partial charge in [0.15, 0.2) is 5.78 Å². The maximum Gasteiger partial charge on any atom is 0.201 e. The van der Waals surface area contributed by atoms with Crippen LogP contribution in [0.2, 0.25) is 0 Å². The SMILES string of the molecule is O=C1C2=CNc3ccccc3N[C@@H]2Oc2ccccc21. The summed E-state index contributed by atoms with van der Waals surface area (Å²) in [5, 5.41) is 6.42. The van der Waals surface area contributed by atoms with Crippen LogP contribution in [0.3, 0.4) is 0 Å². The molecule has 4 heteroatoms. The number of ketones is 1. The van der Waals surface area contributed by atoms with Crippen LogP contribution in [-0.2, 0) is 0 Å². The number of para-hydroxylation sites is 3. The molecular formula is C16H12N2O2. The number of fused-ring (bicyclic) bond motifs is 3. The van der Waals surface area contributed by atoms with Crippen molar-refractivity contribution in [2.75, 3.05) is 10.6 Å². The van der Waals surface area contributed by atoms with Gasteiger partial charge in [-0.15, -0.1) is 0 Å². The highest BCUT2D eigenvalue weighted by atomic mass is 16.5. The molecule has 4 rings (SSSR count). The van der Waals surface area contributed by atoms with Gasteiger partial charge in [0, 0.05) is 6.20 Å². The lowest BCUT2D eigenvalue weighted by atomic mass is 9.99. The number of Topliss-reactive ketones (excluding diaryl/α,β-unsaturated/α-hetero) is 1. The van der Waals surface area contributed by atoms with Crippen molar-refractivity contribution >= 4 is 17.2 Å². The van der Waals surface area contributed by atoms with Gasteiger partial charge >= 0.3 is 0 Å². The first-order chi connectivity index (χ1) is 9.83. The maximum absolute atomic E-state index is 12.5. The predicted octanol–water partition coefficient (Wildman–Crippen LogP) is 3.01. The van der Waals surface area contributed by atoms with Crippen molar-refractivity contribution < 1.29 is 9.53 Å². The van der Waals surface area contributed by atoms with E-state index < -0.39 is 6.23 Å². The van der Waals surface area contributed by atoms with Crippen molar-refractivity contribution in [2.24, 2.45) is 0 Å². The number of rotatable bonds is 0. The van der Waals surface area contributed by atoms with Gasteiger partial charge in [-0.3, -0.25) is 4.79 Å². The minimum Gasteiger partial charge on any atom is -0.466 e. The zero-order valence-corrected chi connectivity index (χ0v) is 10.6. The zero-order chi connectivity index (χ0) is 13.5. The number of ether oxygens (including phenoxy) is 1. The molecule has 2 N–H and O–H groups in total. The molecule has 2 aromatic carbocycles. The van der Waals surface area contributed by atoms with Crippen molar-refractivity contribution in [1.82, 2.24) is 0 Å². The lowest BCUT2D eigenvalue weighted by Gasteiger charge is -2.27. The van der Waals surface area contributed by atoms with Crippen molar-refractivity contribution in [3.05, 3.63) is 65.9 Å². The molecule has 0 saturated heterocycles. The van der Waals surface area contributed by atoms with E-state index in [2.05, 4.69) is 10.6 Å². The molecule has 2 heterocycles. The molecule has 0 spiro atoms. The quantitative estimate of drug-likeness (QED) is 0.768. The van der Waals surface area contributed by atoms with Crippen LogP contribution in [0.25, 0.3) is 0 Å². The number of hydrogen-bond acceptors (Lipinski definition) is 4. The van der Waals surface area contributed by atoms with E-state index in [1.165, 1.54) is 0 Å². The molecule has 0 amide bonds. The van der Waals surface area contributed by atoms with Gasteiger partial charge < -0.3 is 15.4 Å². The summed E-state index contributed by atoms with van der Waals surface area (Å²) < 4.78 is 5.90. The van der Waals surface area contributed by atoms with E-state index in [9.17, 15) is 4.79 Å². The molecule has 20 heavy (non-hydrogen) atoms. The first kappa shape index (κ1) is 11.1. The van der Waals surface area contributed by atoms with Gasteiger partial charge in [0.05, 0.1) is 22.5 Å². The number of carbonyl (C=O) groups excluding carboxylic acids is 1. The Morgan fingerprint density at radius 3 is 2.60 bits per heavy atom. The zero-order valence-electron chi connectivity index (χ0n) is 10.6. The van der Waals surface area contributed by atoms with Crippen LogP contribution in [0.15, 0.2) is 60.3 Å². The molecule has 1 atom stereocenters. The van der Waals surface area contributed by atoms with Crippen LogP contribution in [0.4, 0.5) is 11.4 Å². The topological polar surface area (TPSA) is 50.4 Å². The Kier molecular flexibility index (Phi) is 2.29. The Labute approximate surface area is 116 Å². The molecule has 0 unspecified atom stereocenters. The highest BCUT2D eigenvalue weighted by molar-refractivity contribution is 6.12. The predicted molar refractivity (Wildman–Crippen MR) is 77.0 cm³/mol. The Morgan fingerprint density at radius 1 is 0.950 bits per heavy atom. The lowest BCUT2D eigenvalue weighted by Crippen LogP contribution is -2.36. The Balaban J connectivity index is 1.81. The van der Waals surface area contributed by atoms with Crippen LogP contribution in [0.1, 0.15) is 10.4 Å². The minimum atomic E-state index is -0.464. The fourth-order valence-corrected chi connectivity index (χ4v) is 2.50. The molecule has 0 bridgehead atoms. The van der Waals surface area contributed by atoms with E-state index in [4.69, 9.17) is 4.74 Å². The summed E-state index contributed by atoms with van der Waals surface area (Å²) >= 11 is 0. The fraction of sp³-hybridized carbons (Fsp3) is 0.0625. The van der Waals surface area contributed by atoms with Crippen molar-refractivity contribution in [2.45, 2.75) is 6.23 Å². The molecule has 98 valence electrons. The third kappa shape index (κ3) is 1.58. The molecule has 0 fully saturated rings. The molecule has 0 aliphatic carbocycles. The summed E-state index contributed by atoms with van der Waals surface area (Å²) in [6, 6.07) is 15.1. The lowest BCUT2D eigenvalue weighted by molar-refractivity contribution is 0.0974. The van der Waals surface area contributed by atoms with Gasteiger partial charge in [-0.05, 0) is 24.3 Å². The van der Waals surface area contributed by atoms with Crippen molar-refractivity contribution in [3.63, 3.8) is 0 Å². The fourth-order valence-electron chi connectivity index (χ4n) is 2.50. The number of nitrogens with one attached hydrogen (secondary N) is 2. The summed E-state index contributed by atoms with van der Waals surface area (Å²) in [5.74, 6) is 0.608. The van der Waals surface area contributed by atoms with Crippen molar-refractivity contribution in [1.29, 1.82) is 0 Å². The average molecular weight is 264 g/mol. The summed E-state index contributed by atoms with van der Waals surface area (Å²) in [4.78, 5) is 12.5. The molecular weight excluding hydrogens is 252 g/mol. The van der Waals surface area contributed by atoms with E-state index in [1.807, 2.05) is 42.5 Å². The second kappa shape index (κ2) is 4.13. The van der Waals surface area contributed by atoms with E-state index in [-0.39, 0.29) is 5.78 Å². The van der Waals surface area contributed by atoms with Crippen LogP contribution >= 0.6 is 0 Å². The largest absolute Gasteiger partial charge is 0.466 e. The number of hydrogen-bond donors (Lipinski definition) is 2. The van der Waals surface area contributed by atoms with Gasteiger partial charge in [-0.1, -0.05) is 24.3 Å². The molecule has 2 aliphatic heterocycles. The van der Waals surface area contributed by atoms with E-state index in [1.54, 1.807) is 12.3 Å². The summed E-state index contributed by atoms with van der Waals surface area (Å²) in [6.07, 6.45) is 1.26. The Morgan fingerprint density at radius 2 is 1.70 bits per heavy atom. The monoisotopic (exact) mass is 264 g/mol. The summed E-state index contributed by atoms with van der Waals surface area (Å²) in [7, 11) is 0. The first-order valence-electron chi connectivity index (χ1n) is 6.45. The van der Waals surface area contributed by atoms with Gasteiger partial charge in [0.2, 0.25) is 6.23 Å². The maximum atomic E-state index is 12.5. The third-order valence-electron chi connectivity index (χ3n) is 3.52.